The van der Waals surface area contributed by atoms with Gasteiger partial charge in [-0.15, -0.1) is 0 Å². The minimum atomic E-state index is 0.235. The molecule has 1 nitrogen and oxygen atoms in total. The largest absolute Gasteiger partial charge is 0.198 e. The van der Waals surface area contributed by atoms with Gasteiger partial charge in [-0.25, -0.2) is 0 Å². The van der Waals surface area contributed by atoms with Crippen LogP contribution in [-0.2, 0) is 0 Å². The van der Waals surface area contributed by atoms with Crippen LogP contribution >= 0.6 is 0 Å². The molecule has 1 saturated carbocycles. The topological polar surface area (TPSA) is 23.8 Å². The van der Waals surface area contributed by atoms with Crippen molar-refractivity contribution in [3.63, 3.8) is 0 Å². The fourth-order valence-electron chi connectivity index (χ4n) is 1.53. The van der Waals surface area contributed by atoms with E-state index < -0.39 is 0 Å². The summed E-state index contributed by atoms with van der Waals surface area (Å²) < 4.78 is 0. The minimum Gasteiger partial charge on any atom is -0.198 e. The van der Waals surface area contributed by atoms with Crippen molar-refractivity contribution in [2.75, 3.05) is 0 Å². The molecule has 0 radical (unpaired) electrons. The molecule has 0 aromatic carbocycles. The van der Waals surface area contributed by atoms with Crippen LogP contribution in [-0.4, -0.2) is 0 Å². The van der Waals surface area contributed by atoms with Crippen LogP contribution in [0.5, 0.6) is 0 Å². The number of hydrogen-bond donors (Lipinski definition) is 0. The molecule has 0 aromatic rings. The molecule has 0 N–H and O–H groups in total. The molecule has 0 aliphatic heterocycles. The third-order valence-electron chi connectivity index (χ3n) is 2.18. The van der Waals surface area contributed by atoms with E-state index in [1.807, 2.05) is 6.92 Å². The molecule has 1 heteroatoms. The maximum Gasteiger partial charge on any atom is 0.0700 e. The summed E-state index contributed by atoms with van der Waals surface area (Å²) in [5.41, 5.74) is 1.36. The molecule has 1 rings (SSSR count). The van der Waals surface area contributed by atoms with Crippen molar-refractivity contribution in [2.45, 2.75) is 32.6 Å². The maximum atomic E-state index is 8.70. The van der Waals surface area contributed by atoms with Gasteiger partial charge in [0.1, 0.15) is 0 Å². The van der Waals surface area contributed by atoms with Gasteiger partial charge in [-0.2, -0.15) is 5.26 Å². The van der Waals surface area contributed by atoms with Crippen molar-refractivity contribution in [2.24, 2.45) is 5.92 Å². The van der Waals surface area contributed by atoms with Crippen LogP contribution in [0.15, 0.2) is 11.6 Å². The van der Waals surface area contributed by atoms with Crippen LogP contribution in [0, 0.1) is 17.2 Å². The van der Waals surface area contributed by atoms with Crippen LogP contribution in [0.25, 0.3) is 0 Å². The summed E-state index contributed by atoms with van der Waals surface area (Å²) in [6, 6.07) is 2.34. The lowest BCUT2D eigenvalue weighted by Gasteiger charge is -2.18. The Morgan fingerprint density at radius 1 is 1.60 bits per heavy atom. The number of hydrogen-bond acceptors (Lipinski definition) is 1. The molecule has 0 bridgehead atoms. The lowest BCUT2D eigenvalue weighted by atomic mass is 9.85. The Hall–Kier alpha value is -0.770. The standard InChI is InChI=1S/C9H13N/c1-2-8-5-3-4-6-9(8)7-10/h2,9H,3-6H2,1H3. The van der Waals surface area contributed by atoms with E-state index >= 15 is 0 Å². The molecule has 1 atom stereocenters. The van der Waals surface area contributed by atoms with E-state index in [0.717, 1.165) is 12.8 Å². The zero-order valence-corrected chi connectivity index (χ0v) is 6.43. The van der Waals surface area contributed by atoms with Crippen molar-refractivity contribution < 1.29 is 0 Å². The average Bonchev–Trinajstić information content (AvgIpc) is 2.04. The highest BCUT2D eigenvalue weighted by Gasteiger charge is 2.16. The molecule has 1 unspecified atom stereocenters. The van der Waals surface area contributed by atoms with E-state index in [-0.39, 0.29) is 5.92 Å². The van der Waals surface area contributed by atoms with Crippen molar-refractivity contribution >= 4 is 0 Å². The first-order valence-electron chi connectivity index (χ1n) is 3.93. The average molecular weight is 135 g/mol. The van der Waals surface area contributed by atoms with Crippen LogP contribution < -0.4 is 0 Å². The van der Waals surface area contributed by atoms with Gasteiger partial charge in [-0.1, -0.05) is 18.1 Å². The van der Waals surface area contributed by atoms with Gasteiger partial charge in [0, 0.05) is 0 Å². The van der Waals surface area contributed by atoms with E-state index in [4.69, 9.17) is 5.26 Å². The van der Waals surface area contributed by atoms with E-state index in [1.54, 1.807) is 0 Å². The highest BCUT2D eigenvalue weighted by molar-refractivity contribution is 5.15. The van der Waals surface area contributed by atoms with E-state index in [0.29, 0.717) is 0 Å². The van der Waals surface area contributed by atoms with Crippen LogP contribution in [0.4, 0.5) is 0 Å². The fraction of sp³-hybridized carbons (Fsp3) is 0.667. The number of nitrogens with zero attached hydrogens (tertiary/aromatic N) is 1. The molecule has 54 valence electrons. The Morgan fingerprint density at radius 3 is 2.90 bits per heavy atom. The number of nitriles is 1. The molecule has 1 fully saturated rings. The highest BCUT2D eigenvalue weighted by atomic mass is 14.3. The molecule has 0 spiro atoms. The second kappa shape index (κ2) is 3.41. The molecular formula is C9H13N. The fourth-order valence-corrected chi connectivity index (χ4v) is 1.53. The zero-order chi connectivity index (χ0) is 7.40. The summed E-state index contributed by atoms with van der Waals surface area (Å²) in [6.45, 7) is 2.03. The van der Waals surface area contributed by atoms with Crippen molar-refractivity contribution in [1.29, 1.82) is 5.26 Å². The molecule has 0 saturated heterocycles. The van der Waals surface area contributed by atoms with Crippen LogP contribution in [0.1, 0.15) is 32.6 Å². The number of allylic oxidation sites excluding steroid dienone is 2. The smallest absolute Gasteiger partial charge is 0.0700 e. The van der Waals surface area contributed by atoms with Crippen molar-refractivity contribution in [1.82, 2.24) is 0 Å². The third-order valence-corrected chi connectivity index (χ3v) is 2.18. The van der Waals surface area contributed by atoms with Gasteiger partial charge in [-0.3, -0.25) is 0 Å². The predicted octanol–water partition coefficient (Wildman–Crippen LogP) is 2.65. The van der Waals surface area contributed by atoms with Gasteiger partial charge in [0.05, 0.1) is 12.0 Å². The maximum absolute atomic E-state index is 8.70. The Bertz CT molecular complexity index is 174. The summed E-state index contributed by atoms with van der Waals surface area (Å²) in [4.78, 5) is 0. The van der Waals surface area contributed by atoms with E-state index in [1.165, 1.54) is 18.4 Å². The van der Waals surface area contributed by atoms with Crippen LogP contribution in [0.2, 0.25) is 0 Å². The van der Waals surface area contributed by atoms with E-state index in [2.05, 4.69) is 12.1 Å². The van der Waals surface area contributed by atoms with Crippen molar-refractivity contribution in [3.8, 4) is 6.07 Å². The van der Waals surface area contributed by atoms with Gasteiger partial charge in [0.2, 0.25) is 0 Å². The first-order chi connectivity index (χ1) is 4.88. The molecule has 0 amide bonds. The van der Waals surface area contributed by atoms with Gasteiger partial charge in [-0.05, 0) is 26.2 Å². The monoisotopic (exact) mass is 135 g/mol. The quantitative estimate of drug-likeness (QED) is 0.468. The lowest BCUT2D eigenvalue weighted by molar-refractivity contribution is 0.526. The number of rotatable bonds is 0. The summed E-state index contributed by atoms with van der Waals surface area (Å²) in [5.74, 6) is 0.235. The van der Waals surface area contributed by atoms with Crippen molar-refractivity contribution in [3.05, 3.63) is 11.6 Å². The van der Waals surface area contributed by atoms with E-state index in [9.17, 15) is 0 Å². The predicted molar refractivity (Wildman–Crippen MR) is 41.3 cm³/mol. The Kier molecular flexibility index (Phi) is 2.50. The normalized spacial score (nSPS) is 30.0. The minimum absolute atomic E-state index is 0.235. The highest BCUT2D eigenvalue weighted by Crippen LogP contribution is 2.28. The summed E-state index contributed by atoms with van der Waals surface area (Å²) in [7, 11) is 0. The summed E-state index contributed by atoms with van der Waals surface area (Å²) in [5, 5.41) is 8.70. The van der Waals surface area contributed by atoms with Gasteiger partial charge in [0.25, 0.3) is 0 Å². The molecule has 0 aromatic heterocycles. The Labute approximate surface area is 62.4 Å². The third kappa shape index (κ3) is 1.39. The van der Waals surface area contributed by atoms with Gasteiger partial charge in [0.15, 0.2) is 0 Å². The lowest BCUT2D eigenvalue weighted by Crippen LogP contribution is -2.06. The zero-order valence-electron chi connectivity index (χ0n) is 6.43. The SMILES string of the molecule is CC=C1CCCCC1C#N. The summed E-state index contributed by atoms with van der Waals surface area (Å²) in [6.07, 6.45) is 6.84. The second-order valence-corrected chi connectivity index (χ2v) is 2.79. The molecular weight excluding hydrogens is 122 g/mol. The van der Waals surface area contributed by atoms with Gasteiger partial charge >= 0.3 is 0 Å². The molecule has 0 heterocycles. The first-order valence-corrected chi connectivity index (χ1v) is 3.93. The molecule has 10 heavy (non-hydrogen) atoms. The molecule has 1 aliphatic carbocycles. The Morgan fingerprint density at radius 2 is 2.40 bits per heavy atom. The van der Waals surface area contributed by atoms with Crippen LogP contribution in [0.3, 0.4) is 0 Å². The summed E-state index contributed by atoms with van der Waals surface area (Å²) >= 11 is 0. The van der Waals surface area contributed by atoms with Gasteiger partial charge < -0.3 is 0 Å². The first kappa shape index (κ1) is 7.34. The molecule has 1 aliphatic rings. The second-order valence-electron chi connectivity index (χ2n) is 2.79. The Balaban J connectivity index is 2.62.